The van der Waals surface area contributed by atoms with Crippen LogP contribution in [0.1, 0.15) is 6.92 Å². The van der Waals surface area contributed by atoms with Crippen molar-refractivity contribution >= 4 is 11.6 Å². The number of carbonyl (C=O) groups is 1. The van der Waals surface area contributed by atoms with Crippen LogP contribution in [0.5, 0.6) is 0 Å². The number of aromatic nitrogens is 1. The highest BCUT2D eigenvalue weighted by molar-refractivity contribution is 5.91. The zero-order valence-corrected chi connectivity index (χ0v) is 7.87. The summed E-state index contributed by atoms with van der Waals surface area (Å²) in [7, 11) is 0. The van der Waals surface area contributed by atoms with Gasteiger partial charge in [-0.1, -0.05) is 0 Å². The van der Waals surface area contributed by atoms with E-state index in [9.17, 15) is 9.59 Å². The van der Waals surface area contributed by atoms with Gasteiger partial charge in [-0.05, 0) is 13.0 Å². The molecule has 0 unspecified atom stereocenters. The molecule has 1 aromatic rings. The Labute approximate surface area is 81.1 Å². The fourth-order valence-corrected chi connectivity index (χ4v) is 0.880. The number of anilines is 1. The largest absolute Gasteiger partial charge is 0.372 e. The Morgan fingerprint density at radius 2 is 2.36 bits per heavy atom. The average molecular weight is 196 g/mol. The van der Waals surface area contributed by atoms with Crippen molar-refractivity contribution in [3.8, 4) is 0 Å². The molecule has 0 saturated heterocycles. The normalized spacial score (nSPS) is 9.79. The van der Waals surface area contributed by atoms with Gasteiger partial charge in [0.1, 0.15) is 6.61 Å². The third-order valence-electron chi connectivity index (χ3n) is 1.51. The van der Waals surface area contributed by atoms with Gasteiger partial charge in [-0.25, -0.2) is 0 Å². The lowest BCUT2D eigenvalue weighted by molar-refractivity contribution is -0.120. The number of aromatic amines is 1. The maximum atomic E-state index is 11.1. The van der Waals surface area contributed by atoms with E-state index in [1.54, 1.807) is 0 Å². The first-order chi connectivity index (χ1) is 6.72. The van der Waals surface area contributed by atoms with E-state index in [1.807, 2.05) is 6.92 Å². The van der Waals surface area contributed by atoms with Crippen LogP contribution in [0.15, 0.2) is 23.1 Å². The molecule has 5 nitrogen and oxygen atoms in total. The second kappa shape index (κ2) is 5.18. The van der Waals surface area contributed by atoms with E-state index in [0.29, 0.717) is 12.3 Å². The minimum absolute atomic E-state index is 0.0234. The van der Waals surface area contributed by atoms with Gasteiger partial charge in [0.15, 0.2) is 0 Å². The van der Waals surface area contributed by atoms with Crippen LogP contribution in [-0.4, -0.2) is 24.1 Å². The molecule has 0 bridgehead atoms. The Morgan fingerprint density at radius 3 is 2.93 bits per heavy atom. The lowest BCUT2D eigenvalue weighted by atomic mass is 10.4. The Morgan fingerprint density at radius 1 is 1.57 bits per heavy atom. The lowest BCUT2D eigenvalue weighted by Crippen LogP contribution is -2.18. The van der Waals surface area contributed by atoms with E-state index in [0.717, 1.165) is 0 Å². The van der Waals surface area contributed by atoms with Crippen LogP contribution in [0.2, 0.25) is 0 Å². The molecule has 0 aromatic carbocycles. The number of hydrogen-bond acceptors (Lipinski definition) is 3. The molecule has 0 atom stereocenters. The first kappa shape index (κ1) is 10.5. The molecule has 1 rings (SSSR count). The van der Waals surface area contributed by atoms with Crippen LogP contribution >= 0.6 is 0 Å². The van der Waals surface area contributed by atoms with Gasteiger partial charge in [0.05, 0.1) is 5.69 Å². The lowest BCUT2D eigenvalue weighted by Gasteiger charge is -2.03. The number of hydrogen-bond donors (Lipinski definition) is 2. The SMILES string of the molecule is CCOCC(=O)Nc1ccc(=O)[nH]c1. The minimum Gasteiger partial charge on any atom is -0.372 e. The Hall–Kier alpha value is -1.62. The molecule has 0 saturated carbocycles. The predicted octanol–water partition coefficient (Wildman–Crippen LogP) is 0.350. The van der Waals surface area contributed by atoms with Crippen molar-refractivity contribution < 1.29 is 9.53 Å². The van der Waals surface area contributed by atoms with Crippen molar-refractivity contribution in [1.82, 2.24) is 4.98 Å². The number of ether oxygens (including phenoxy) is 1. The van der Waals surface area contributed by atoms with E-state index in [-0.39, 0.29) is 18.1 Å². The Balaban J connectivity index is 2.48. The molecule has 0 aliphatic carbocycles. The molecule has 1 amide bonds. The Kier molecular flexibility index (Phi) is 3.87. The molecule has 0 aliphatic heterocycles. The molecular formula is C9H12N2O3. The number of rotatable bonds is 4. The second-order valence-electron chi connectivity index (χ2n) is 2.63. The second-order valence-corrected chi connectivity index (χ2v) is 2.63. The van der Waals surface area contributed by atoms with Crippen molar-refractivity contribution in [3.05, 3.63) is 28.7 Å². The summed E-state index contributed by atoms with van der Waals surface area (Å²) in [6, 6.07) is 2.87. The number of nitrogens with one attached hydrogen (secondary N) is 2. The van der Waals surface area contributed by atoms with E-state index < -0.39 is 0 Å². The summed E-state index contributed by atoms with van der Waals surface area (Å²) >= 11 is 0. The summed E-state index contributed by atoms with van der Waals surface area (Å²) in [5, 5.41) is 2.57. The molecule has 1 heterocycles. The average Bonchev–Trinajstić information content (AvgIpc) is 2.18. The molecular weight excluding hydrogens is 184 g/mol. The van der Waals surface area contributed by atoms with Gasteiger partial charge < -0.3 is 15.0 Å². The van der Waals surface area contributed by atoms with Crippen LogP contribution in [0, 0.1) is 0 Å². The molecule has 0 fully saturated rings. The van der Waals surface area contributed by atoms with E-state index in [2.05, 4.69) is 10.3 Å². The van der Waals surface area contributed by atoms with Gasteiger partial charge in [-0.3, -0.25) is 9.59 Å². The van der Waals surface area contributed by atoms with Crippen molar-refractivity contribution in [3.63, 3.8) is 0 Å². The van der Waals surface area contributed by atoms with Crippen LogP contribution in [0.3, 0.4) is 0 Å². The fourth-order valence-electron chi connectivity index (χ4n) is 0.880. The third kappa shape index (κ3) is 3.40. The smallest absolute Gasteiger partial charge is 0.250 e. The first-order valence-electron chi connectivity index (χ1n) is 4.28. The van der Waals surface area contributed by atoms with Crippen molar-refractivity contribution in [2.24, 2.45) is 0 Å². The van der Waals surface area contributed by atoms with Crippen molar-refractivity contribution in [1.29, 1.82) is 0 Å². The molecule has 76 valence electrons. The fraction of sp³-hybridized carbons (Fsp3) is 0.333. The predicted molar refractivity (Wildman–Crippen MR) is 52.2 cm³/mol. The topological polar surface area (TPSA) is 71.2 Å². The highest BCUT2D eigenvalue weighted by Crippen LogP contribution is 1.99. The number of pyridine rings is 1. The zero-order valence-electron chi connectivity index (χ0n) is 7.87. The highest BCUT2D eigenvalue weighted by atomic mass is 16.5. The molecule has 0 spiro atoms. The Bertz CT molecular complexity index is 339. The summed E-state index contributed by atoms with van der Waals surface area (Å²) < 4.78 is 4.91. The van der Waals surface area contributed by atoms with Gasteiger partial charge in [0.25, 0.3) is 0 Å². The monoisotopic (exact) mass is 196 g/mol. The highest BCUT2D eigenvalue weighted by Gasteiger charge is 2.00. The molecule has 5 heteroatoms. The third-order valence-corrected chi connectivity index (χ3v) is 1.51. The van der Waals surface area contributed by atoms with Gasteiger partial charge in [0, 0.05) is 18.9 Å². The number of H-pyrrole nitrogens is 1. The number of amides is 1. The van der Waals surface area contributed by atoms with Crippen molar-refractivity contribution in [2.75, 3.05) is 18.5 Å². The van der Waals surface area contributed by atoms with Gasteiger partial charge in [-0.2, -0.15) is 0 Å². The van der Waals surface area contributed by atoms with Crippen LogP contribution in [0.4, 0.5) is 5.69 Å². The summed E-state index contributed by atoms with van der Waals surface area (Å²) in [6.07, 6.45) is 1.44. The summed E-state index contributed by atoms with van der Waals surface area (Å²) in [5.74, 6) is -0.237. The molecule has 0 radical (unpaired) electrons. The minimum atomic E-state index is -0.237. The van der Waals surface area contributed by atoms with Crippen LogP contribution in [-0.2, 0) is 9.53 Å². The molecule has 2 N–H and O–H groups in total. The summed E-state index contributed by atoms with van der Waals surface area (Å²) in [5.41, 5.74) is 0.349. The van der Waals surface area contributed by atoms with Gasteiger partial charge in [0.2, 0.25) is 11.5 Å². The number of carbonyl (C=O) groups excluding carboxylic acids is 1. The first-order valence-corrected chi connectivity index (χ1v) is 4.28. The quantitative estimate of drug-likeness (QED) is 0.729. The summed E-state index contributed by atoms with van der Waals surface area (Å²) in [4.78, 5) is 24.3. The summed E-state index contributed by atoms with van der Waals surface area (Å²) in [6.45, 7) is 2.34. The van der Waals surface area contributed by atoms with E-state index >= 15 is 0 Å². The van der Waals surface area contributed by atoms with E-state index in [1.165, 1.54) is 18.3 Å². The van der Waals surface area contributed by atoms with Crippen LogP contribution in [0.25, 0.3) is 0 Å². The van der Waals surface area contributed by atoms with Gasteiger partial charge >= 0.3 is 0 Å². The van der Waals surface area contributed by atoms with Crippen LogP contribution < -0.4 is 10.9 Å². The zero-order chi connectivity index (χ0) is 10.4. The van der Waals surface area contributed by atoms with Gasteiger partial charge in [-0.15, -0.1) is 0 Å². The molecule has 1 aromatic heterocycles. The standard InChI is InChI=1S/C9H12N2O3/c1-2-14-6-9(13)11-7-3-4-8(12)10-5-7/h3-5H,2,6H2,1H3,(H,10,12)(H,11,13). The van der Waals surface area contributed by atoms with Crippen molar-refractivity contribution in [2.45, 2.75) is 6.92 Å². The molecule has 0 aliphatic rings. The van der Waals surface area contributed by atoms with E-state index in [4.69, 9.17) is 4.74 Å². The maximum absolute atomic E-state index is 11.1. The molecule has 14 heavy (non-hydrogen) atoms. The maximum Gasteiger partial charge on any atom is 0.250 e.